The molecule has 3 N–H and O–H groups in total. The minimum atomic E-state index is -0.658. The standard InChI is InChI=1S/C23H27N3O4/c1-16-7-5-6-8-17(16)9-14-20(27)25-18-10-12-19(13-11-18)26-21(28)15-24-22(29)30-23(2,3)4/h5-14H,15H2,1-4H3,(H,24,29)(H,25,27)(H,26,28)/b14-9+. The fourth-order valence-electron chi connectivity index (χ4n) is 2.43. The molecule has 0 fully saturated rings. The van der Waals surface area contributed by atoms with Crippen LogP contribution < -0.4 is 16.0 Å². The quantitative estimate of drug-likeness (QED) is 0.626. The van der Waals surface area contributed by atoms with Crippen LogP contribution in [-0.4, -0.2) is 30.1 Å². The predicted molar refractivity (Wildman–Crippen MR) is 118 cm³/mol. The van der Waals surface area contributed by atoms with E-state index in [1.807, 2.05) is 31.2 Å². The van der Waals surface area contributed by atoms with Gasteiger partial charge in [0.1, 0.15) is 12.1 Å². The first-order chi connectivity index (χ1) is 14.1. The van der Waals surface area contributed by atoms with Crippen molar-refractivity contribution in [3.63, 3.8) is 0 Å². The minimum absolute atomic E-state index is 0.211. The van der Waals surface area contributed by atoms with Crippen molar-refractivity contribution < 1.29 is 19.1 Å². The van der Waals surface area contributed by atoms with E-state index in [0.29, 0.717) is 11.4 Å². The summed E-state index contributed by atoms with van der Waals surface area (Å²) in [4.78, 5) is 35.6. The lowest BCUT2D eigenvalue weighted by atomic mass is 10.1. The topological polar surface area (TPSA) is 96.5 Å². The summed E-state index contributed by atoms with van der Waals surface area (Å²) in [5.41, 5.74) is 2.57. The molecule has 0 atom stereocenters. The lowest BCUT2D eigenvalue weighted by Gasteiger charge is -2.19. The van der Waals surface area contributed by atoms with Gasteiger partial charge in [-0.15, -0.1) is 0 Å². The van der Waals surface area contributed by atoms with Crippen molar-refractivity contribution >= 4 is 35.4 Å². The van der Waals surface area contributed by atoms with Crippen molar-refractivity contribution in [1.29, 1.82) is 0 Å². The van der Waals surface area contributed by atoms with Gasteiger partial charge >= 0.3 is 6.09 Å². The monoisotopic (exact) mass is 409 g/mol. The number of benzene rings is 2. The first-order valence-electron chi connectivity index (χ1n) is 9.54. The average molecular weight is 409 g/mol. The molecule has 0 aromatic heterocycles. The van der Waals surface area contributed by atoms with Gasteiger partial charge in [0.2, 0.25) is 11.8 Å². The van der Waals surface area contributed by atoms with Gasteiger partial charge < -0.3 is 20.7 Å². The van der Waals surface area contributed by atoms with Gasteiger partial charge in [0.15, 0.2) is 0 Å². The number of carbonyl (C=O) groups is 3. The maximum Gasteiger partial charge on any atom is 0.408 e. The van der Waals surface area contributed by atoms with Crippen molar-refractivity contribution in [2.24, 2.45) is 0 Å². The molecule has 3 amide bonds. The average Bonchev–Trinajstić information content (AvgIpc) is 2.66. The van der Waals surface area contributed by atoms with Crippen LogP contribution in [-0.2, 0) is 14.3 Å². The Balaban J connectivity index is 1.81. The van der Waals surface area contributed by atoms with Gasteiger partial charge in [-0.2, -0.15) is 0 Å². The van der Waals surface area contributed by atoms with E-state index in [0.717, 1.165) is 11.1 Å². The Morgan fingerprint density at radius 3 is 2.13 bits per heavy atom. The highest BCUT2D eigenvalue weighted by atomic mass is 16.6. The number of hydrogen-bond donors (Lipinski definition) is 3. The van der Waals surface area contributed by atoms with Gasteiger partial charge in [0.05, 0.1) is 0 Å². The summed E-state index contributed by atoms with van der Waals surface area (Å²) in [6, 6.07) is 14.5. The number of amides is 3. The molecule has 7 heteroatoms. The third-order valence-electron chi connectivity index (χ3n) is 3.83. The second kappa shape index (κ2) is 10.2. The first-order valence-corrected chi connectivity index (χ1v) is 9.54. The van der Waals surface area contributed by atoms with E-state index in [-0.39, 0.29) is 18.4 Å². The molecule has 0 unspecified atom stereocenters. The molecule has 0 heterocycles. The SMILES string of the molecule is Cc1ccccc1/C=C/C(=O)Nc1ccc(NC(=O)CNC(=O)OC(C)(C)C)cc1. The van der Waals surface area contributed by atoms with Crippen LogP contribution >= 0.6 is 0 Å². The molecule has 0 aliphatic heterocycles. The van der Waals surface area contributed by atoms with E-state index in [1.165, 1.54) is 6.08 Å². The third-order valence-corrected chi connectivity index (χ3v) is 3.83. The first kappa shape index (κ1) is 22.7. The summed E-state index contributed by atoms with van der Waals surface area (Å²) in [6.45, 7) is 6.99. The third kappa shape index (κ3) is 8.18. The zero-order valence-electron chi connectivity index (χ0n) is 17.6. The fraction of sp³-hybridized carbons (Fsp3) is 0.261. The molecule has 0 aliphatic rings. The highest BCUT2D eigenvalue weighted by Crippen LogP contribution is 2.14. The van der Waals surface area contributed by atoms with Crippen molar-refractivity contribution in [2.45, 2.75) is 33.3 Å². The van der Waals surface area contributed by atoms with E-state index in [2.05, 4.69) is 16.0 Å². The number of anilines is 2. The van der Waals surface area contributed by atoms with Crippen LogP contribution in [0, 0.1) is 6.92 Å². The minimum Gasteiger partial charge on any atom is -0.444 e. The summed E-state index contributed by atoms with van der Waals surface area (Å²) in [7, 11) is 0. The molecule has 2 rings (SSSR count). The summed E-state index contributed by atoms with van der Waals surface area (Å²) < 4.78 is 5.07. The van der Waals surface area contributed by atoms with Gasteiger partial charge in [-0.3, -0.25) is 9.59 Å². The van der Waals surface area contributed by atoms with Gasteiger partial charge in [-0.05, 0) is 69.2 Å². The Bertz CT molecular complexity index is 928. The maximum atomic E-state index is 12.1. The molecule has 0 saturated heterocycles. The van der Waals surface area contributed by atoms with Crippen molar-refractivity contribution in [1.82, 2.24) is 5.32 Å². The summed E-state index contributed by atoms with van der Waals surface area (Å²) >= 11 is 0. The summed E-state index contributed by atoms with van der Waals surface area (Å²) in [6.07, 6.45) is 2.58. The number of nitrogens with one attached hydrogen (secondary N) is 3. The van der Waals surface area contributed by atoms with Gasteiger partial charge in [0.25, 0.3) is 0 Å². The Morgan fingerprint density at radius 1 is 0.933 bits per heavy atom. The Labute approximate surface area is 176 Å². The lowest BCUT2D eigenvalue weighted by molar-refractivity contribution is -0.115. The number of carbonyl (C=O) groups excluding carboxylic acids is 3. The van der Waals surface area contributed by atoms with E-state index in [9.17, 15) is 14.4 Å². The van der Waals surface area contributed by atoms with E-state index >= 15 is 0 Å². The van der Waals surface area contributed by atoms with E-state index in [4.69, 9.17) is 4.74 Å². The van der Waals surface area contributed by atoms with Gasteiger partial charge in [0, 0.05) is 17.5 Å². The molecule has 2 aromatic rings. The molecule has 2 aromatic carbocycles. The van der Waals surface area contributed by atoms with Crippen LogP contribution in [0.25, 0.3) is 6.08 Å². The van der Waals surface area contributed by atoms with Crippen molar-refractivity contribution in [3.05, 3.63) is 65.7 Å². The fourth-order valence-corrected chi connectivity index (χ4v) is 2.43. The van der Waals surface area contributed by atoms with E-state index in [1.54, 1.807) is 51.1 Å². The number of hydrogen-bond acceptors (Lipinski definition) is 4. The predicted octanol–water partition coefficient (Wildman–Crippen LogP) is 4.11. The smallest absolute Gasteiger partial charge is 0.408 e. The van der Waals surface area contributed by atoms with Crippen LogP contribution in [0.4, 0.5) is 16.2 Å². The second-order valence-corrected chi connectivity index (χ2v) is 7.66. The molecule has 0 radical (unpaired) electrons. The van der Waals surface area contributed by atoms with E-state index < -0.39 is 11.7 Å². The van der Waals surface area contributed by atoms with Crippen LogP contribution in [0.5, 0.6) is 0 Å². The zero-order chi connectivity index (χ0) is 22.1. The van der Waals surface area contributed by atoms with Crippen LogP contribution in [0.15, 0.2) is 54.6 Å². The molecule has 0 spiro atoms. The largest absolute Gasteiger partial charge is 0.444 e. The second-order valence-electron chi connectivity index (χ2n) is 7.66. The normalized spacial score (nSPS) is 11.1. The van der Waals surface area contributed by atoms with Crippen LogP contribution in [0.3, 0.4) is 0 Å². The van der Waals surface area contributed by atoms with Gasteiger partial charge in [-0.25, -0.2) is 4.79 Å². The van der Waals surface area contributed by atoms with Crippen molar-refractivity contribution in [2.75, 3.05) is 17.2 Å². The lowest BCUT2D eigenvalue weighted by Crippen LogP contribution is -2.37. The molecule has 0 bridgehead atoms. The molecule has 30 heavy (non-hydrogen) atoms. The molecule has 0 saturated carbocycles. The Kier molecular flexibility index (Phi) is 7.75. The highest BCUT2D eigenvalue weighted by Gasteiger charge is 2.16. The van der Waals surface area contributed by atoms with Crippen LogP contribution in [0.1, 0.15) is 31.9 Å². The Morgan fingerprint density at radius 2 is 1.53 bits per heavy atom. The van der Waals surface area contributed by atoms with Gasteiger partial charge in [-0.1, -0.05) is 24.3 Å². The molecular formula is C23H27N3O4. The number of aryl methyl sites for hydroxylation is 1. The number of alkyl carbamates (subject to hydrolysis) is 1. The zero-order valence-corrected chi connectivity index (χ0v) is 17.6. The molecule has 158 valence electrons. The van der Waals surface area contributed by atoms with Crippen molar-refractivity contribution in [3.8, 4) is 0 Å². The molecular weight excluding hydrogens is 382 g/mol. The Hall–Kier alpha value is -3.61. The number of rotatable bonds is 6. The maximum absolute atomic E-state index is 12.1. The summed E-state index contributed by atoms with van der Waals surface area (Å²) in [5.74, 6) is -0.643. The molecule has 7 nitrogen and oxygen atoms in total. The van der Waals surface area contributed by atoms with Crippen LogP contribution in [0.2, 0.25) is 0 Å². The highest BCUT2D eigenvalue weighted by molar-refractivity contribution is 6.02. The molecule has 0 aliphatic carbocycles. The summed E-state index contributed by atoms with van der Waals surface area (Å²) in [5, 5.41) is 7.81. The number of ether oxygens (including phenoxy) is 1.